The van der Waals surface area contributed by atoms with Crippen LogP contribution in [0.1, 0.15) is 104 Å². The van der Waals surface area contributed by atoms with E-state index in [-0.39, 0.29) is 34.4 Å². The summed E-state index contributed by atoms with van der Waals surface area (Å²) in [6.07, 6.45) is -12.7. The molecular weight excluding hydrogens is 1060 g/mol. The number of alkyl halides is 1. The highest BCUT2D eigenvalue weighted by molar-refractivity contribution is 7.47. The first-order valence-corrected chi connectivity index (χ1v) is 27.5. The van der Waals surface area contributed by atoms with Crippen LogP contribution in [0.4, 0.5) is 4.39 Å². The van der Waals surface area contributed by atoms with Crippen molar-refractivity contribution in [1.82, 2.24) is 0 Å². The van der Waals surface area contributed by atoms with E-state index in [0.29, 0.717) is 12.8 Å². The van der Waals surface area contributed by atoms with Crippen molar-refractivity contribution in [3.05, 3.63) is 192 Å². The first-order chi connectivity index (χ1) is 38.7. The summed E-state index contributed by atoms with van der Waals surface area (Å²) in [5, 5.41) is 0. The molecule has 1 unspecified atom stereocenters. The average Bonchev–Trinajstić information content (AvgIpc) is 3.58. The second kappa shape index (κ2) is 30.2. The monoisotopic (exact) mass is 1120 g/mol. The van der Waals surface area contributed by atoms with Crippen LogP contribution in [0.3, 0.4) is 0 Å². The quantitative estimate of drug-likeness (QED) is 0.0169. The summed E-state index contributed by atoms with van der Waals surface area (Å²) in [5.41, 5.74) is -0.122. The molecule has 19 nitrogen and oxygen atoms in total. The van der Waals surface area contributed by atoms with Crippen LogP contribution in [-0.4, -0.2) is 122 Å². The van der Waals surface area contributed by atoms with Crippen molar-refractivity contribution in [3.63, 3.8) is 0 Å². The van der Waals surface area contributed by atoms with Crippen LogP contribution in [0.25, 0.3) is 0 Å². The highest BCUT2D eigenvalue weighted by Crippen LogP contribution is 2.48. The number of carbonyl (C=O) groups excluding carboxylic acids is 6. The van der Waals surface area contributed by atoms with Crippen LogP contribution in [0, 0.1) is 0 Å². The molecule has 2 saturated heterocycles. The Morgan fingerprint density at radius 1 is 0.512 bits per heavy atom. The van der Waals surface area contributed by atoms with Crippen LogP contribution in [0.2, 0.25) is 0 Å². The highest BCUT2D eigenvalue weighted by atomic mass is 31.2. The van der Waals surface area contributed by atoms with Gasteiger partial charge in [-0.2, -0.15) is 0 Å². The first-order valence-electron chi connectivity index (χ1n) is 26.0. The lowest BCUT2D eigenvalue weighted by Crippen LogP contribution is -2.67. The van der Waals surface area contributed by atoms with Gasteiger partial charge in [-0.3, -0.25) is 13.8 Å². The number of unbranched alkanes of at least 4 members (excludes halogenated alkanes) is 6. The van der Waals surface area contributed by atoms with Gasteiger partial charge in [-0.15, -0.1) is 6.58 Å². The predicted octanol–water partition coefficient (Wildman–Crippen LogP) is 9.53. The third kappa shape index (κ3) is 17.3. The fourth-order valence-electron chi connectivity index (χ4n) is 8.70. The zero-order valence-corrected chi connectivity index (χ0v) is 44.6. The smallest absolute Gasteiger partial charge is 0.459 e. The second-order valence-corrected chi connectivity index (χ2v) is 19.8. The standard InChI is InChI=1S/C59H62FO19P/c1-3-4-5-6-7-8-9-25-36-70-80(67,68)79-59-52(77-57(66)44-34-23-14-24-35-44)50(75-55(64)42-30-19-12-20-31-42)48(46(73-59)38-69-53(62)40-26-15-10-16-27-40)78-58-51(76-56(65)43-32-21-13-22-33-43)49(47(71-39(2)61)45(37-60)72-58)74-54(63)41-28-17-11-18-29-41/h3,10-24,26-35,45-52,58-59H,1,4-9,25,36-38H2,2H3,(H,67,68)/t45-,46-,47+,48-,49+,50+,51-,52+,58+,59-/m1/s1. The first kappa shape index (κ1) is 60.2. The molecule has 0 bridgehead atoms. The molecule has 0 amide bonds. The van der Waals surface area contributed by atoms with Crippen LogP contribution in [0.15, 0.2) is 164 Å². The molecule has 1 N–H and O–H groups in total. The number of benzene rings is 5. The molecule has 0 aromatic heterocycles. The van der Waals surface area contributed by atoms with Gasteiger partial charge in [0, 0.05) is 6.92 Å². The normalized spacial score (nSPS) is 23.2. The van der Waals surface area contributed by atoms with E-state index >= 15 is 4.39 Å². The molecule has 2 aliphatic heterocycles. The highest BCUT2D eigenvalue weighted by Gasteiger charge is 2.59. The minimum absolute atomic E-state index is 0.0222. The number of halogens is 1. The molecule has 0 aliphatic carbocycles. The Balaban J connectivity index is 1.34. The number of esters is 6. The summed E-state index contributed by atoms with van der Waals surface area (Å²) >= 11 is 0. The zero-order chi connectivity index (χ0) is 56.9. The van der Waals surface area contributed by atoms with E-state index < -0.39 is 118 Å². The van der Waals surface area contributed by atoms with Crippen molar-refractivity contribution < 1.29 is 94.3 Å². The zero-order valence-electron chi connectivity index (χ0n) is 43.7. The molecule has 21 heteroatoms. The Morgan fingerprint density at radius 3 is 1.34 bits per heavy atom. The van der Waals surface area contributed by atoms with Crippen molar-refractivity contribution >= 4 is 43.6 Å². The third-order valence-electron chi connectivity index (χ3n) is 12.6. The van der Waals surface area contributed by atoms with Gasteiger partial charge < -0.3 is 47.5 Å². The van der Waals surface area contributed by atoms with E-state index in [9.17, 15) is 38.2 Å². The van der Waals surface area contributed by atoms with Crippen molar-refractivity contribution in [2.24, 2.45) is 0 Å². The van der Waals surface area contributed by atoms with E-state index in [2.05, 4.69) is 6.58 Å². The van der Waals surface area contributed by atoms with Crippen molar-refractivity contribution in [1.29, 1.82) is 0 Å². The number of allylic oxidation sites excluding steroid dienone is 1. The van der Waals surface area contributed by atoms with Crippen LogP contribution >= 0.6 is 7.82 Å². The maximum absolute atomic E-state index is 15.6. The minimum atomic E-state index is -5.23. The van der Waals surface area contributed by atoms with E-state index in [1.54, 1.807) is 42.5 Å². The Labute approximate surface area is 461 Å². The number of phosphoric ester groups is 1. The molecule has 5 aromatic carbocycles. The fourth-order valence-corrected chi connectivity index (χ4v) is 9.55. The molecule has 0 spiro atoms. The summed E-state index contributed by atoms with van der Waals surface area (Å²) in [4.78, 5) is 94.7. The third-order valence-corrected chi connectivity index (χ3v) is 13.6. The Hall–Kier alpha value is -7.42. The van der Waals surface area contributed by atoms with Gasteiger partial charge in [-0.05, 0) is 79.9 Å². The molecule has 2 fully saturated rings. The molecule has 80 heavy (non-hydrogen) atoms. The molecule has 0 saturated carbocycles. The Bertz CT molecular complexity index is 2850. The molecule has 2 aliphatic rings. The maximum atomic E-state index is 15.6. The summed E-state index contributed by atoms with van der Waals surface area (Å²) in [7, 11) is -5.23. The van der Waals surface area contributed by atoms with E-state index in [0.717, 1.165) is 39.0 Å². The van der Waals surface area contributed by atoms with Crippen LogP contribution in [-0.2, 0) is 61.0 Å². The van der Waals surface area contributed by atoms with Crippen LogP contribution < -0.4 is 0 Å². The summed E-state index contributed by atoms with van der Waals surface area (Å²) in [6, 6.07) is 37.6. The van der Waals surface area contributed by atoms with E-state index in [4.69, 9.17) is 51.7 Å². The Kier molecular flexibility index (Phi) is 22.8. The largest absolute Gasteiger partial charge is 0.474 e. The number of rotatable bonds is 27. The van der Waals surface area contributed by atoms with Gasteiger partial charge in [0.05, 0.1) is 34.4 Å². The number of hydrogen-bond acceptors (Lipinski definition) is 18. The van der Waals surface area contributed by atoms with Gasteiger partial charge in [-0.1, -0.05) is 123 Å². The van der Waals surface area contributed by atoms with Gasteiger partial charge in [0.2, 0.25) is 6.29 Å². The fraction of sp³-hybridized carbons (Fsp3) is 0.356. The van der Waals surface area contributed by atoms with E-state index in [1.807, 2.05) is 6.08 Å². The average molecular weight is 1130 g/mol. The van der Waals surface area contributed by atoms with Crippen LogP contribution in [0.5, 0.6) is 0 Å². The van der Waals surface area contributed by atoms with E-state index in [1.165, 1.54) is 109 Å². The summed E-state index contributed by atoms with van der Waals surface area (Å²) < 4.78 is 95.7. The van der Waals surface area contributed by atoms with Gasteiger partial charge in [0.15, 0.2) is 36.8 Å². The second-order valence-electron chi connectivity index (χ2n) is 18.4. The number of ether oxygens (including phenoxy) is 9. The van der Waals surface area contributed by atoms with Crippen molar-refractivity contribution in [3.8, 4) is 0 Å². The SMILES string of the molecule is C=CCCCCCCCCOP(=O)(O)O[C@H]1O[C@H](COC(=O)c2ccccc2)[C@@H](O[C@@H]2O[C@H](CF)[C@H](OC(C)=O)[C@H](OC(=O)c3ccccc3)[C@H]2OC(=O)c2ccccc2)[C@H](OC(=O)c2ccccc2)[C@@H]1OC(=O)c1ccccc1. The van der Waals surface area contributed by atoms with Gasteiger partial charge >= 0.3 is 43.6 Å². The molecule has 2 heterocycles. The summed E-state index contributed by atoms with van der Waals surface area (Å²) in [5.74, 6) is -6.21. The number of hydrogen-bond donors (Lipinski definition) is 1. The Morgan fingerprint density at radius 2 is 0.900 bits per heavy atom. The minimum Gasteiger partial charge on any atom is -0.459 e. The maximum Gasteiger partial charge on any atom is 0.474 e. The lowest BCUT2D eigenvalue weighted by atomic mass is 9.96. The molecule has 0 radical (unpaired) electrons. The number of phosphoric acid groups is 1. The topological polar surface area (TPSA) is 241 Å². The molecular formula is C59H62FO19P. The van der Waals surface area contributed by atoms with Gasteiger partial charge in [0.1, 0.15) is 31.6 Å². The van der Waals surface area contributed by atoms with Gasteiger partial charge in [0.25, 0.3) is 0 Å². The molecule has 424 valence electrons. The predicted molar refractivity (Wildman–Crippen MR) is 282 cm³/mol. The molecule has 5 aromatic rings. The molecule has 7 rings (SSSR count). The number of carbonyl (C=O) groups is 6. The lowest BCUT2D eigenvalue weighted by Gasteiger charge is -2.48. The van der Waals surface area contributed by atoms with Crippen molar-refractivity contribution in [2.75, 3.05) is 19.9 Å². The molecule has 11 atom stereocenters. The van der Waals surface area contributed by atoms with Crippen molar-refractivity contribution in [2.45, 2.75) is 113 Å². The lowest BCUT2D eigenvalue weighted by molar-refractivity contribution is -0.350. The van der Waals surface area contributed by atoms with Gasteiger partial charge in [-0.25, -0.2) is 32.9 Å². The summed E-state index contributed by atoms with van der Waals surface area (Å²) in [6.45, 7) is 2.17.